The third-order valence-electron chi connectivity index (χ3n) is 5.47. The fourth-order valence-electron chi connectivity index (χ4n) is 4.02. The average Bonchev–Trinajstić information content (AvgIpc) is 3.35. The number of amides is 1. The molecule has 2 heterocycles. The van der Waals surface area contributed by atoms with Gasteiger partial charge in [0.05, 0.1) is 24.8 Å². The van der Waals surface area contributed by atoms with Crippen molar-refractivity contribution >= 4 is 11.6 Å². The summed E-state index contributed by atoms with van der Waals surface area (Å²) in [5.74, 6) is 0.959. The number of aromatic nitrogens is 1. The van der Waals surface area contributed by atoms with Crippen LogP contribution in [0.3, 0.4) is 0 Å². The van der Waals surface area contributed by atoms with Crippen LogP contribution in [-0.4, -0.2) is 29.1 Å². The quantitative estimate of drug-likeness (QED) is 0.615. The summed E-state index contributed by atoms with van der Waals surface area (Å²) < 4.78 is 5.50. The van der Waals surface area contributed by atoms with Crippen LogP contribution in [0.4, 0.5) is 5.69 Å². The summed E-state index contributed by atoms with van der Waals surface area (Å²) in [5, 5.41) is 4.03. The third kappa shape index (κ3) is 4.57. The maximum atomic E-state index is 13.4. The van der Waals surface area contributed by atoms with Crippen LogP contribution in [0.2, 0.25) is 0 Å². The number of aryl methyl sites for hydroxylation is 2. The Morgan fingerprint density at radius 1 is 1.14 bits per heavy atom. The molecule has 1 fully saturated rings. The van der Waals surface area contributed by atoms with Crippen LogP contribution in [0, 0.1) is 13.8 Å². The lowest BCUT2D eigenvalue weighted by atomic mass is 10.1. The Bertz CT molecular complexity index is 967. The zero-order chi connectivity index (χ0) is 20.2. The fourth-order valence-corrected chi connectivity index (χ4v) is 4.02. The van der Waals surface area contributed by atoms with Crippen molar-refractivity contribution in [2.75, 3.05) is 18.0 Å². The van der Waals surface area contributed by atoms with E-state index in [1.54, 1.807) is 0 Å². The van der Waals surface area contributed by atoms with E-state index in [0.29, 0.717) is 13.1 Å². The Hall–Kier alpha value is -2.92. The van der Waals surface area contributed by atoms with E-state index in [0.717, 1.165) is 47.7 Å². The van der Waals surface area contributed by atoms with E-state index in [-0.39, 0.29) is 11.9 Å². The van der Waals surface area contributed by atoms with E-state index >= 15 is 0 Å². The highest BCUT2D eigenvalue weighted by Gasteiger charge is 2.32. The van der Waals surface area contributed by atoms with Crippen LogP contribution in [0.25, 0.3) is 0 Å². The molecule has 1 amide bonds. The maximum absolute atomic E-state index is 13.4. The number of rotatable bonds is 6. The van der Waals surface area contributed by atoms with Gasteiger partial charge in [0.25, 0.3) is 0 Å². The van der Waals surface area contributed by atoms with Crippen LogP contribution in [0.15, 0.2) is 65.2 Å². The lowest BCUT2D eigenvalue weighted by Crippen LogP contribution is -2.40. The standard InChI is InChI=1S/C24H27N3O2/c1-18-8-6-11-21(14-18)27(16-20-9-4-3-5-10-20)24(28)17-26-13-7-12-22(26)23-15-19(2)25-29-23/h3-6,8-11,14-15,22H,7,12-13,16-17H2,1-2H3/t22-/m1/s1. The molecule has 2 aromatic carbocycles. The first-order valence-electron chi connectivity index (χ1n) is 10.2. The van der Waals surface area contributed by atoms with Gasteiger partial charge in [0.15, 0.2) is 5.76 Å². The van der Waals surface area contributed by atoms with Gasteiger partial charge in [0, 0.05) is 11.8 Å². The average molecular weight is 389 g/mol. The van der Waals surface area contributed by atoms with Gasteiger partial charge in [-0.25, -0.2) is 0 Å². The van der Waals surface area contributed by atoms with Crippen LogP contribution in [0.1, 0.15) is 41.5 Å². The molecule has 3 aromatic rings. The Morgan fingerprint density at radius 3 is 2.69 bits per heavy atom. The fraction of sp³-hybridized carbons (Fsp3) is 0.333. The van der Waals surface area contributed by atoms with Crippen molar-refractivity contribution in [1.29, 1.82) is 0 Å². The summed E-state index contributed by atoms with van der Waals surface area (Å²) in [6.07, 6.45) is 2.05. The maximum Gasteiger partial charge on any atom is 0.241 e. The van der Waals surface area contributed by atoms with Crippen molar-refractivity contribution in [1.82, 2.24) is 10.1 Å². The number of hydrogen-bond donors (Lipinski definition) is 0. The van der Waals surface area contributed by atoms with Crippen molar-refractivity contribution in [2.24, 2.45) is 0 Å². The van der Waals surface area contributed by atoms with Gasteiger partial charge in [0.2, 0.25) is 5.91 Å². The van der Waals surface area contributed by atoms with Crippen molar-refractivity contribution in [3.8, 4) is 0 Å². The van der Waals surface area contributed by atoms with Crippen LogP contribution in [-0.2, 0) is 11.3 Å². The van der Waals surface area contributed by atoms with E-state index < -0.39 is 0 Å². The molecule has 0 unspecified atom stereocenters. The molecule has 5 nitrogen and oxygen atoms in total. The second-order valence-electron chi connectivity index (χ2n) is 7.80. The second kappa shape index (κ2) is 8.62. The Morgan fingerprint density at radius 2 is 1.97 bits per heavy atom. The summed E-state index contributed by atoms with van der Waals surface area (Å²) in [6, 6.07) is 20.4. The molecule has 0 aliphatic carbocycles. The van der Waals surface area contributed by atoms with Gasteiger partial charge in [-0.3, -0.25) is 9.69 Å². The molecule has 0 radical (unpaired) electrons. The number of benzene rings is 2. The van der Waals surface area contributed by atoms with E-state index in [4.69, 9.17) is 4.52 Å². The molecular weight excluding hydrogens is 362 g/mol. The van der Waals surface area contributed by atoms with E-state index in [1.807, 2.05) is 48.2 Å². The minimum Gasteiger partial charge on any atom is -0.359 e. The van der Waals surface area contributed by atoms with E-state index in [2.05, 4.69) is 41.2 Å². The predicted octanol–water partition coefficient (Wildman–Crippen LogP) is 4.66. The first kappa shape index (κ1) is 19.4. The monoisotopic (exact) mass is 389 g/mol. The van der Waals surface area contributed by atoms with E-state index in [1.165, 1.54) is 0 Å². The van der Waals surface area contributed by atoms with Gasteiger partial charge >= 0.3 is 0 Å². The smallest absolute Gasteiger partial charge is 0.241 e. The van der Waals surface area contributed by atoms with Gasteiger partial charge in [-0.15, -0.1) is 0 Å². The lowest BCUT2D eigenvalue weighted by Gasteiger charge is -2.28. The topological polar surface area (TPSA) is 49.6 Å². The molecule has 0 bridgehead atoms. The van der Waals surface area contributed by atoms with Crippen molar-refractivity contribution < 1.29 is 9.32 Å². The van der Waals surface area contributed by atoms with Crippen molar-refractivity contribution in [3.63, 3.8) is 0 Å². The molecule has 0 saturated carbocycles. The number of carbonyl (C=O) groups excluding carboxylic acids is 1. The van der Waals surface area contributed by atoms with Crippen LogP contribution in [0.5, 0.6) is 0 Å². The largest absolute Gasteiger partial charge is 0.359 e. The molecule has 150 valence electrons. The number of hydrogen-bond acceptors (Lipinski definition) is 4. The van der Waals surface area contributed by atoms with Gasteiger partial charge in [0.1, 0.15) is 0 Å². The second-order valence-corrected chi connectivity index (χ2v) is 7.80. The SMILES string of the molecule is Cc1cccc(N(Cc2ccccc2)C(=O)CN2CCC[C@@H]2c2cc(C)no2)c1. The molecule has 29 heavy (non-hydrogen) atoms. The number of likely N-dealkylation sites (tertiary alicyclic amines) is 1. The molecule has 1 atom stereocenters. The van der Waals surface area contributed by atoms with Gasteiger partial charge < -0.3 is 9.42 Å². The first-order valence-corrected chi connectivity index (χ1v) is 10.2. The first-order chi connectivity index (χ1) is 14.1. The molecule has 4 rings (SSSR count). The molecule has 5 heteroatoms. The summed E-state index contributed by atoms with van der Waals surface area (Å²) in [5.41, 5.74) is 4.07. The van der Waals surface area contributed by atoms with Crippen LogP contribution >= 0.6 is 0 Å². The third-order valence-corrected chi connectivity index (χ3v) is 5.47. The van der Waals surface area contributed by atoms with Gasteiger partial charge in [-0.05, 0) is 56.5 Å². The minimum absolute atomic E-state index is 0.0996. The number of carbonyl (C=O) groups is 1. The normalized spacial score (nSPS) is 16.8. The van der Waals surface area contributed by atoms with Gasteiger partial charge in [-0.1, -0.05) is 47.6 Å². The Balaban J connectivity index is 1.56. The molecular formula is C24H27N3O2. The highest BCUT2D eigenvalue weighted by atomic mass is 16.5. The number of nitrogens with zero attached hydrogens (tertiary/aromatic N) is 3. The van der Waals surface area contributed by atoms with Crippen molar-refractivity contribution in [2.45, 2.75) is 39.3 Å². The highest BCUT2D eigenvalue weighted by molar-refractivity contribution is 5.94. The lowest BCUT2D eigenvalue weighted by molar-refractivity contribution is -0.120. The Kier molecular flexibility index (Phi) is 5.76. The summed E-state index contributed by atoms with van der Waals surface area (Å²) in [7, 11) is 0. The minimum atomic E-state index is 0.0996. The van der Waals surface area contributed by atoms with Crippen molar-refractivity contribution in [3.05, 3.63) is 83.2 Å². The van der Waals surface area contributed by atoms with E-state index in [9.17, 15) is 4.79 Å². The van der Waals surface area contributed by atoms with Gasteiger partial charge in [-0.2, -0.15) is 0 Å². The summed E-state index contributed by atoms with van der Waals surface area (Å²) >= 11 is 0. The Labute approximate surface area is 171 Å². The summed E-state index contributed by atoms with van der Waals surface area (Å²) in [6.45, 7) is 5.80. The molecule has 1 aromatic heterocycles. The highest BCUT2D eigenvalue weighted by Crippen LogP contribution is 2.32. The van der Waals surface area contributed by atoms with Crippen LogP contribution < -0.4 is 4.90 Å². The zero-order valence-electron chi connectivity index (χ0n) is 17.0. The number of anilines is 1. The molecule has 1 saturated heterocycles. The zero-order valence-corrected chi connectivity index (χ0v) is 17.0. The molecule has 1 aliphatic rings. The predicted molar refractivity (Wildman–Crippen MR) is 114 cm³/mol. The molecule has 1 aliphatic heterocycles. The molecule has 0 spiro atoms. The molecule has 0 N–H and O–H groups in total. The summed E-state index contributed by atoms with van der Waals surface area (Å²) in [4.78, 5) is 17.5.